The summed E-state index contributed by atoms with van der Waals surface area (Å²) in [5.41, 5.74) is 3.34. The van der Waals surface area contributed by atoms with Gasteiger partial charge in [0, 0.05) is 15.8 Å². The lowest BCUT2D eigenvalue weighted by Crippen LogP contribution is -2.56. The van der Waals surface area contributed by atoms with Crippen molar-refractivity contribution in [3.05, 3.63) is 94.5 Å². The van der Waals surface area contributed by atoms with Crippen molar-refractivity contribution in [2.75, 3.05) is 16.3 Å². The molecule has 1 heterocycles. The summed E-state index contributed by atoms with van der Waals surface area (Å²) in [6.07, 6.45) is 0. The number of hydrogen-bond donors (Lipinski definition) is 0. The number of piperazine rings is 1. The molecule has 1 aliphatic heterocycles. The van der Waals surface area contributed by atoms with Crippen LogP contribution in [0.15, 0.2) is 83.3 Å². The van der Waals surface area contributed by atoms with E-state index >= 15 is 0 Å². The topological polar surface area (TPSA) is 40.6 Å². The predicted octanol–water partition coefficient (Wildman–Crippen LogP) is 4.88. The maximum atomic E-state index is 13.5. The fourth-order valence-electron chi connectivity index (χ4n) is 3.46. The molecule has 5 heteroatoms. The van der Waals surface area contributed by atoms with Gasteiger partial charge < -0.3 is 4.90 Å². The molecule has 1 aliphatic rings. The Labute approximate surface area is 172 Å². The number of nitrogens with zero attached hydrogens (tertiary/aromatic N) is 2. The van der Waals surface area contributed by atoms with Gasteiger partial charge in [0.05, 0.1) is 0 Å². The largest absolute Gasteiger partial charge is 0.301 e. The molecule has 3 aromatic rings. The molecule has 28 heavy (non-hydrogen) atoms. The normalized spacial score (nSPS) is 17.1. The molecule has 4 nitrogen and oxygen atoms in total. The van der Waals surface area contributed by atoms with Crippen LogP contribution >= 0.6 is 15.9 Å². The van der Waals surface area contributed by atoms with E-state index in [0.29, 0.717) is 5.69 Å². The summed E-state index contributed by atoms with van der Waals surface area (Å²) in [4.78, 5) is 29.9. The van der Waals surface area contributed by atoms with E-state index in [1.54, 1.807) is 9.80 Å². The van der Waals surface area contributed by atoms with Gasteiger partial charge in [-0.2, -0.15) is 0 Å². The number of halogens is 1. The van der Waals surface area contributed by atoms with Gasteiger partial charge >= 0.3 is 0 Å². The third-order valence-electron chi connectivity index (χ3n) is 4.89. The van der Waals surface area contributed by atoms with Crippen LogP contribution in [-0.2, 0) is 9.59 Å². The molecule has 4 rings (SSSR count). The zero-order chi connectivity index (χ0) is 19.7. The number of aryl methyl sites for hydroxylation is 1. The molecule has 0 aromatic heterocycles. The molecule has 3 aromatic carbocycles. The molecular formula is C23H19BrN2O2. The minimum absolute atomic E-state index is 0.0152. The van der Waals surface area contributed by atoms with Crippen molar-refractivity contribution < 1.29 is 9.59 Å². The second kappa shape index (κ2) is 7.60. The Morgan fingerprint density at radius 1 is 0.821 bits per heavy atom. The lowest BCUT2D eigenvalue weighted by molar-refractivity contribution is -0.128. The monoisotopic (exact) mass is 434 g/mol. The molecule has 0 N–H and O–H groups in total. The van der Waals surface area contributed by atoms with Crippen LogP contribution in [0.5, 0.6) is 0 Å². The summed E-state index contributed by atoms with van der Waals surface area (Å²) in [6.45, 7) is 2.01. The maximum Gasteiger partial charge on any atom is 0.255 e. The van der Waals surface area contributed by atoms with E-state index in [1.165, 1.54) is 0 Å². The third kappa shape index (κ3) is 3.45. The molecule has 0 saturated carbocycles. The van der Waals surface area contributed by atoms with Gasteiger partial charge in [-0.1, -0.05) is 64.0 Å². The fraction of sp³-hybridized carbons (Fsp3) is 0.130. The van der Waals surface area contributed by atoms with Crippen molar-refractivity contribution in [3.8, 4) is 0 Å². The summed E-state index contributed by atoms with van der Waals surface area (Å²) >= 11 is 3.42. The number of anilines is 2. The van der Waals surface area contributed by atoms with Gasteiger partial charge in [-0.25, -0.2) is 0 Å². The second-order valence-corrected chi connectivity index (χ2v) is 7.73. The Kier molecular flexibility index (Phi) is 5.01. The average molecular weight is 435 g/mol. The van der Waals surface area contributed by atoms with Crippen molar-refractivity contribution in [3.63, 3.8) is 0 Å². The van der Waals surface area contributed by atoms with E-state index in [2.05, 4.69) is 15.9 Å². The highest BCUT2D eigenvalue weighted by atomic mass is 79.9. The Morgan fingerprint density at radius 3 is 2.07 bits per heavy atom. The minimum Gasteiger partial charge on any atom is -0.301 e. The number of carbonyl (C=O) groups excluding carboxylic acids is 2. The van der Waals surface area contributed by atoms with Crippen molar-refractivity contribution in [1.82, 2.24) is 0 Å². The van der Waals surface area contributed by atoms with Gasteiger partial charge in [-0.3, -0.25) is 14.5 Å². The van der Waals surface area contributed by atoms with E-state index in [4.69, 9.17) is 0 Å². The van der Waals surface area contributed by atoms with Gasteiger partial charge in [0.2, 0.25) is 5.91 Å². The molecule has 0 radical (unpaired) electrons. The number of benzene rings is 3. The zero-order valence-corrected chi connectivity index (χ0v) is 17.0. The van der Waals surface area contributed by atoms with Crippen molar-refractivity contribution >= 4 is 39.1 Å². The lowest BCUT2D eigenvalue weighted by Gasteiger charge is -2.40. The van der Waals surface area contributed by atoms with Crippen molar-refractivity contribution in [2.45, 2.75) is 13.0 Å². The van der Waals surface area contributed by atoms with Crippen LogP contribution in [0.2, 0.25) is 0 Å². The Bertz CT molecular complexity index is 1000. The Balaban J connectivity index is 1.79. The quantitative estimate of drug-likeness (QED) is 0.589. The third-order valence-corrected chi connectivity index (χ3v) is 5.41. The molecule has 140 valence electrons. The fourth-order valence-corrected chi connectivity index (χ4v) is 3.72. The molecule has 1 fully saturated rings. The molecular weight excluding hydrogens is 416 g/mol. The van der Waals surface area contributed by atoms with Gasteiger partial charge in [0.25, 0.3) is 5.91 Å². The first kappa shape index (κ1) is 18.4. The summed E-state index contributed by atoms with van der Waals surface area (Å²) in [5, 5.41) is 0. The number of rotatable bonds is 3. The molecule has 2 amide bonds. The van der Waals surface area contributed by atoms with Crippen LogP contribution in [0.25, 0.3) is 0 Å². The first-order valence-electron chi connectivity index (χ1n) is 9.05. The van der Waals surface area contributed by atoms with Gasteiger partial charge in [0.1, 0.15) is 12.6 Å². The number of amides is 2. The van der Waals surface area contributed by atoms with E-state index < -0.39 is 6.04 Å². The average Bonchev–Trinajstić information content (AvgIpc) is 2.71. The summed E-state index contributed by atoms with van der Waals surface area (Å²) in [5.74, 6) is -0.228. The molecule has 0 bridgehead atoms. The maximum absolute atomic E-state index is 13.5. The molecule has 1 saturated heterocycles. The number of hydrogen-bond acceptors (Lipinski definition) is 2. The Morgan fingerprint density at radius 2 is 1.43 bits per heavy atom. The van der Waals surface area contributed by atoms with Crippen LogP contribution in [0, 0.1) is 6.92 Å². The molecule has 1 unspecified atom stereocenters. The van der Waals surface area contributed by atoms with Gasteiger partial charge in [-0.05, 0) is 48.9 Å². The first-order chi connectivity index (χ1) is 13.5. The van der Waals surface area contributed by atoms with E-state index in [-0.39, 0.29) is 18.4 Å². The Hall–Kier alpha value is -2.92. The van der Waals surface area contributed by atoms with Crippen LogP contribution in [0.3, 0.4) is 0 Å². The summed E-state index contributed by atoms with van der Waals surface area (Å²) < 4.78 is 0.921. The van der Waals surface area contributed by atoms with Gasteiger partial charge in [-0.15, -0.1) is 0 Å². The zero-order valence-electron chi connectivity index (χ0n) is 15.4. The highest BCUT2D eigenvalue weighted by Gasteiger charge is 2.41. The SMILES string of the molecule is Cc1ccc(N2CC(=O)N(c3ccc(Br)cc3)C(c3ccccc3)C2=O)cc1. The van der Waals surface area contributed by atoms with E-state index in [1.807, 2.05) is 85.8 Å². The second-order valence-electron chi connectivity index (χ2n) is 6.81. The predicted molar refractivity (Wildman–Crippen MR) is 114 cm³/mol. The van der Waals surface area contributed by atoms with Gasteiger partial charge in [0.15, 0.2) is 0 Å². The van der Waals surface area contributed by atoms with Crippen LogP contribution in [-0.4, -0.2) is 18.4 Å². The number of carbonyl (C=O) groups is 2. The lowest BCUT2D eigenvalue weighted by atomic mass is 9.99. The van der Waals surface area contributed by atoms with Crippen LogP contribution in [0.1, 0.15) is 17.2 Å². The molecule has 0 spiro atoms. The van der Waals surface area contributed by atoms with E-state index in [0.717, 1.165) is 21.3 Å². The molecule has 0 aliphatic carbocycles. The standard InChI is InChI=1S/C23H19BrN2O2/c1-16-7-11-19(12-8-16)25-15-21(27)26(20-13-9-18(24)10-14-20)22(23(25)28)17-5-3-2-4-6-17/h2-14,22H,15H2,1H3. The summed E-state index contributed by atoms with van der Waals surface area (Å²) in [6, 6.07) is 23.9. The first-order valence-corrected chi connectivity index (χ1v) is 9.84. The van der Waals surface area contributed by atoms with E-state index in [9.17, 15) is 9.59 Å². The van der Waals surface area contributed by atoms with Crippen LogP contribution < -0.4 is 9.80 Å². The van der Waals surface area contributed by atoms with Crippen LogP contribution in [0.4, 0.5) is 11.4 Å². The highest BCUT2D eigenvalue weighted by Crippen LogP contribution is 2.35. The molecule has 1 atom stereocenters. The minimum atomic E-state index is -0.704. The van der Waals surface area contributed by atoms with Crippen molar-refractivity contribution in [1.29, 1.82) is 0 Å². The summed E-state index contributed by atoms with van der Waals surface area (Å²) in [7, 11) is 0. The highest BCUT2D eigenvalue weighted by molar-refractivity contribution is 9.10. The smallest absolute Gasteiger partial charge is 0.255 e. The van der Waals surface area contributed by atoms with Crippen molar-refractivity contribution in [2.24, 2.45) is 0 Å².